The Balaban J connectivity index is 2.22. The molecule has 0 saturated heterocycles. The molecule has 0 heterocycles. The van der Waals surface area contributed by atoms with Crippen molar-refractivity contribution in [3.63, 3.8) is 0 Å². The first-order chi connectivity index (χ1) is 8.65. The molecule has 1 rings (SSSR count). The smallest absolute Gasteiger partial charge is 0.332 e. The van der Waals surface area contributed by atoms with Crippen LogP contribution in [0.5, 0.6) is 0 Å². The van der Waals surface area contributed by atoms with E-state index >= 15 is 0 Å². The minimum absolute atomic E-state index is 0.0776. The summed E-state index contributed by atoms with van der Waals surface area (Å²) in [6.45, 7) is 4.45. The summed E-state index contributed by atoms with van der Waals surface area (Å²) >= 11 is 0. The fourth-order valence-corrected chi connectivity index (χ4v) is 1.40. The zero-order chi connectivity index (χ0) is 13.4. The van der Waals surface area contributed by atoms with Crippen LogP contribution in [-0.4, -0.2) is 32.3 Å². The van der Waals surface area contributed by atoms with E-state index in [1.807, 2.05) is 0 Å². The molecule has 18 heavy (non-hydrogen) atoms. The molecule has 0 atom stereocenters. The van der Waals surface area contributed by atoms with Crippen molar-refractivity contribution in [2.75, 3.05) is 31.7 Å². The number of rotatable bonds is 7. The van der Waals surface area contributed by atoms with Crippen molar-refractivity contribution in [2.24, 2.45) is 0 Å². The summed E-state index contributed by atoms with van der Waals surface area (Å²) in [7, 11) is 0. The Bertz CT molecular complexity index is 396. The normalized spacial score (nSPS) is 10.2. The molecule has 5 heteroatoms. The van der Waals surface area contributed by atoms with Crippen molar-refractivity contribution in [3.8, 4) is 0 Å². The van der Waals surface area contributed by atoms with Crippen molar-refractivity contribution in [1.29, 1.82) is 0 Å². The minimum Gasteiger partial charge on any atom is -0.464 e. The van der Waals surface area contributed by atoms with Gasteiger partial charge >= 0.3 is 5.97 Å². The van der Waals surface area contributed by atoms with Crippen LogP contribution in [0.15, 0.2) is 18.2 Å². The van der Waals surface area contributed by atoms with Gasteiger partial charge in [0.05, 0.1) is 18.9 Å². The van der Waals surface area contributed by atoms with Crippen molar-refractivity contribution in [2.45, 2.75) is 13.8 Å². The summed E-state index contributed by atoms with van der Waals surface area (Å²) in [4.78, 5) is 10.9. The molecule has 0 aliphatic rings. The van der Waals surface area contributed by atoms with E-state index in [1.165, 1.54) is 0 Å². The number of nitrogens with one attached hydrogen (secondary N) is 1. The number of anilines is 1. The van der Waals surface area contributed by atoms with Gasteiger partial charge in [0, 0.05) is 6.54 Å². The lowest BCUT2D eigenvalue weighted by molar-refractivity contribution is -0.148. The summed E-state index contributed by atoms with van der Waals surface area (Å²) < 4.78 is 23.3. The molecule has 0 fully saturated rings. The fraction of sp³-hybridized carbons (Fsp3) is 0.462. The Labute approximate surface area is 106 Å². The van der Waals surface area contributed by atoms with E-state index in [0.717, 1.165) is 0 Å². The van der Waals surface area contributed by atoms with E-state index in [1.54, 1.807) is 32.0 Å². The van der Waals surface area contributed by atoms with Crippen LogP contribution in [0.25, 0.3) is 0 Å². The highest BCUT2D eigenvalue weighted by molar-refractivity contribution is 5.70. The fourth-order valence-electron chi connectivity index (χ4n) is 1.40. The maximum absolute atomic E-state index is 13.6. The Morgan fingerprint density at radius 2 is 2.22 bits per heavy atom. The SMILES string of the molecule is CCOC(=O)COCCNc1cccc(C)c1F. The molecule has 100 valence electrons. The number of aryl methyl sites for hydroxylation is 1. The van der Waals surface area contributed by atoms with Crippen LogP contribution < -0.4 is 5.32 Å². The average molecular weight is 255 g/mol. The zero-order valence-corrected chi connectivity index (χ0v) is 10.7. The lowest BCUT2D eigenvalue weighted by Crippen LogP contribution is -2.17. The Hall–Kier alpha value is -1.62. The average Bonchev–Trinajstić information content (AvgIpc) is 2.34. The maximum atomic E-state index is 13.6. The summed E-state index contributed by atoms with van der Waals surface area (Å²) in [6, 6.07) is 5.14. The predicted octanol–water partition coefficient (Wildman–Crippen LogP) is 2.13. The van der Waals surface area contributed by atoms with Crippen LogP contribution in [0.2, 0.25) is 0 Å². The highest BCUT2D eigenvalue weighted by Gasteiger charge is 2.04. The molecule has 0 amide bonds. The lowest BCUT2D eigenvalue weighted by Gasteiger charge is -2.09. The van der Waals surface area contributed by atoms with Gasteiger partial charge in [-0.2, -0.15) is 0 Å². The number of benzene rings is 1. The number of ether oxygens (including phenoxy) is 2. The summed E-state index contributed by atoms with van der Waals surface area (Å²) in [6.07, 6.45) is 0. The van der Waals surface area contributed by atoms with Gasteiger partial charge in [-0.25, -0.2) is 9.18 Å². The minimum atomic E-state index is -0.390. The highest BCUT2D eigenvalue weighted by atomic mass is 19.1. The molecule has 1 aromatic carbocycles. The van der Waals surface area contributed by atoms with Gasteiger partial charge in [-0.05, 0) is 25.5 Å². The van der Waals surface area contributed by atoms with Gasteiger partial charge < -0.3 is 14.8 Å². The number of hydrogen-bond acceptors (Lipinski definition) is 4. The molecule has 0 aliphatic carbocycles. The van der Waals surface area contributed by atoms with Gasteiger partial charge in [0.25, 0.3) is 0 Å². The van der Waals surface area contributed by atoms with Crippen LogP contribution in [0.3, 0.4) is 0 Å². The second-order valence-corrected chi connectivity index (χ2v) is 3.72. The van der Waals surface area contributed by atoms with Crippen molar-refractivity contribution in [3.05, 3.63) is 29.6 Å². The van der Waals surface area contributed by atoms with E-state index < -0.39 is 0 Å². The topological polar surface area (TPSA) is 47.6 Å². The zero-order valence-electron chi connectivity index (χ0n) is 10.7. The van der Waals surface area contributed by atoms with E-state index in [9.17, 15) is 9.18 Å². The largest absolute Gasteiger partial charge is 0.464 e. The van der Waals surface area contributed by atoms with E-state index in [2.05, 4.69) is 5.32 Å². The summed E-state index contributed by atoms with van der Waals surface area (Å²) in [5.41, 5.74) is 1.03. The summed E-state index contributed by atoms with van der Waals surface area (Å²) in [5.74, 6) is -0.651. The third-order valence-corrected chi connectivity index (χ3v) is 2.28. The highest BCUT2D eigenvalue weighted by Crippen LogP contribution is 2.16. The summed E-state index contributed by atoms with van der Waals surface area (Å²) in [5, 5.41) is 2.91. The van der Waals surface area contributed by atoms with Crippen LogP contribution in [0.1, 0.15) is 12.5 Å². The second-order valence-electron chi connectivity index (χ2n) is 3.72. The van der Waals surface area contributed by atoms with Gasteiger partial charge in [0.15, 0.2) is 0 Å². The van der Waals surface area contributed by atoms with E-state index in [-0.39, 0.29) is 18.4 Å². The van der Waals surface area contributed by atoms with Gasteiger partial charge in [0.2, 0.25) is 0 Å². The molecule has 0 spiro atoms. The number of esters is 1. The number of hydrogen-bond donors (Lipinski definition) is 1. The molecule has 4 nitrogen and oxygen atoms in total. The molecule has 0 bridgehead atoms. The molecule has 0 aliphatic heterocycles. The standard InChI is InChI=1S/C13H18FNO3/c1-3-18-12(16)9-17-8-7-15-11-6-4-5-10(2)13(11)14/h4-6,15H,3,7-9H2,1-2H3. The van der Waals surface area contributed by atoms with Gasteiger partial charge in [-0.15, -0.1) is 0 Å². The second kappa shape index (κ2) is 7.66. The molecule has 0 aromatic heterocycles. The van der Waals surface area contributed by atoms with E-state index in [0.29, 0.717) is 31.0 Å². The van der Waals surface area contributed by atoms with Crippen LogP contribution >= 0.6 is 0 Å². The first kappa shape index (κ1) is 14.4. The molecular formula is C13H18FNO3. The first-order valence-electron chi connectivity index (χ1n) is 5.87. The van der Waals surface area contributed by atoms with Crippen LogP contribution in [-0.2, 0) is 14.3 Å². The maximum Gasteiger partial charge on any atom is 0.332 e. The molecule has 0 unspecified atom stereocenters. The van der Waals surface area contributed by atoms with Crippen molar-refractivity contribution in [1.82, 2.24) is 0 Å². The van der Waals surface area contributed by atoms with Gasteiger partial charge in [0.1, 0.15) is 12.4 Å². The monoisotopic (exact) mass is 255 g/mol. The first-order valence-corrected chi connectivity index (χ1v) is 5.87. The Morgan fingerprint density at radius 3 is 2.94 bits per heavy atom. The molecule has 0 radical (unpaired) electrons. The van der Waals surface area contributed by atoms with Gasteiger partial charge in [-0.1, -0.05) is 12.1 Å². The number of carbonyl (C=O) groups excluding carboxylic acids is 1. The quantitative estimate of drug-likeness (QED) is 0.599. The molecule has 1 aromatic rings. The predicted molar refractivity (Wildman–Crippen MR) is 67.1 cm³/mol. The van der Waals surface area contributed by atoms with Gasteiger partial charge in [-0.3, -0.25) is 0 Å². The third-order valence-electron chi connectivity index (χ3n) is 2.28. The lowest BCUT2D eigenvalue weighted by atomic mass is 10.2. The van der Waals surface area contributed by atoms with Crippen LogP contribution in [0.4, 0.5) is 10.1 Å². The van der Waals surface area contributed by atoms with Crippen LogP contribution in [0, 0.1) is 12.7 Å². The number of carbonyl (C=O) groups is 1. The third kappa shape index (κ3) is 4.71. The van der Waals surface area contributed by atoms with Crippen molar-refractivity contribution < 1.29 is 18.7 Å². The molecular weight excluding hydrogens is 237 g/mol. The molecule has 1 N–H and O–H groups in total. The molecule has 0 saturated carbocycles. The van der Waals surface area contributed by atoms with Crippen molar-refractivity contribution >= 4 is 11.7 Å². The Kier molecular flexibility index (Phi) is 6.14. The number of halogens is 1. The van der Waals surface area contributed by atoms with E-state index in [4.69, 9.17) is 9.47 Å². The Morgan fingerprint density at radius 1 is 1.44 bits per heavy atom.